The second-order valence-corrected chi connectivity index (χ2v) is 19.5. The van der Waals surface area contributed by atoms with E-state index in [1.807, 2.05) is 32.0 Å². The Hall–Kier alpha value is -3.12. The molecule has 7 aliphatic rings. The number of nitrogens with one attached hydrogen (secondary N) is 2. The van der Waals surface area contributed by atoms with Crippen LogP contribution in [0.1, 0.15) is 80.3 Å². The number of nitrogens with zero attached hydrogens (tertiary/aromatic N) is 2. The van der Waals surface area contributed by atoms with Gasteiger partial charge < -0.3 is 29.7 Å². The number of aryl methyl sites for hydroxylation is 1. The summed E-state index contributed by atoms with van der Waals surface area (Å²) in [7, 11) is -1.41. The van der Waals surface area contributed by atoms with E-state index >= 15 is 0 Å². The first-order valence-electron chi connectivity index (χ1n) is 18.9. The van der Waals surface area contributed by atoms with Crippen LogP contribution in [0.25, 0.3) is 0 Å². The Bertz CT molecular complexity index is 1900. The summed E-state index contributed by atoms with van der Waals surface area (Å²) in [5.41, 5.74) is 2.94. The van der Waals surface area contributed by atoms with Crippen molar-refractivity contribution >= 4 is 39.0 Å². The maximum atomic E-state index is 14.6. The number of allylic oxidation sites excluding steroid dienone is 1. The number of benzene rings is 2. The molecule has 4 heterocycles. The molecule has 0 radical (unpaired) electrons. The van der Waals surface area contributed by atoms with E-state index in [1.54, 1.807) is 13.2 Å². The normalized spacial score (nSPS) is 37.2. The van der Waals surface area contributed by atoms with Crippen LogP contribution in [0, 0.1) is 17.8 Å². The molecular formula is C40H51ClN4O6S. The molecule has 3 amide bonds. The van der Waals surface area contributed by atoms with Crippen molar-refractivity contribution in [3.63, 3.8) is 0 Å². The van der Waals surface area contributed by atoms with Crippen LogP contribution in [-0.2, 0) is 31.0 Å². The minimum Gasteiger partial charge on any atom is -0.490 e. The molecule has 2 saturated heterocycles. The van der Waals surface area contributed by atoms with Crippen LogP contribution < -0.4 is 20.3 Å². The van der Waals surface area contributed by atoms with Gasteiger partial charge in [0.05, 0.1) is 45.9 Å². The molecule has 4 aliphatic heterocycles. The molecule has 2 saturated carbocycles. The van der Waals surface area contributed by atoms with E-state index in [-0.39, 0.29) is 34.7 Å². The smallest absolute Gasteiger partial charge is 0.316 e. The maximum absolute atomic E-state index is 14.6. The van der Waals surface area contributed by atoms with Crippen LogP contribution in [0.2, 0.25) is 5.02 Å². The average molecular weight is 751 g/mol. The van der Waals surface area contributed by atoms with Crippen molar-refractivity contribution in [2.75, 3.05) is 49.9 Å². The van der Waals surface area contributed by atoms with Crippen LogP contribution in [0.5, 0.6) is 5.75 Å². The summed E-state index contributed by atoms with van der Waals surface area (Å²) in [6.45, 7) is 6.57. The van der Waals surface area contributed by atoms with Gasteiger partial charge in [-0.1, -0.05) is 36.7 Å². The molecule has 0 unspecified atom stereocenters. The van der Waals surface area contributed by atoms with Gasteiger partial charge in [-0.2, -0.15) is 4.36 Å². The lowest BCUT2D eigenvalue weighted by Gasteiger charge is -2.46. The number of methoxy groups -OCH3 is 1. The van der Waals surface area contributed by atoms with Gasteiger partial charge in [0.15, 0.2) is 0 Å². The Kier molecular flexibility index (Phi) is 9.40. The van der Waals surface area contributed by atoms with Gasteiger partial charge in [-0.05, 0) is 105 Å². The van der Waals surface area contributed by atoms with E-state index in [9.17, 15) is 13.8 Å². The number of ether oxygens (including phenoxy) is 3. The van der Waals surface area contributed by atoms with Gasteiger partial charge in [0.2, 0.25) is 0 Å². The molecular weight excluding hydrogens is 700 g/mol. The highest BCUT2D eigenvalue weighted by Gasteiger charge is 2.60. The second kappa shape index (κ2) is 13.6. The van der Waals surface area contributed by atoms with E-state index in [4.69, 9.17) is 25.8 Å². The molecule has 2 N–H and O–H groups in total. The number of halogens is 1. The highest BCUT2D eigenvalue weighted by Crippen LogP contribution is 2.51. The van der Waals surface area contributed by atoms with Gasteiger partial charge in [-0.25, -0.2) is 9.00 Å². The number of anilines is 1. The maximum Gasteiger partial charge on any atom is 0.316 e. The van der Waals surface area contributed by atoms with Crippen molar-refractivity contribution in [3.8, 4) is 5.75 Å². The summed E-state index contributed by atoms with van der Waals surface area (Å²) in [6.07, 6.45) is 11.6. The number of amides is 3. The summed E-state index contributed by atoms with van der Waals surface area (Å²) >= 11 is 6.47. The third-order valence-electron chi connectivity index (χ3n) is 12.5. The standard InChI is InChI=1S/C40H51ClN4O6S/c1-26-6-4-8-34(49-3)31-12-9-29(31)18-45-22-39(15-5-7-27-16-30(41)11-13-32(27)39)23-50-35-14-10-28(17-33(35)45)36(46)44-52(48,19-26)25-42-37(47)43-40-20-38(2,21-40)51-24-40/h4,8,10-11,13-14,16-17,26,29,31,34H,5-7,9,12,15,18-25H2,1-3H3,(H2,42,43,47)/b8-4+/t26-,29-,31+,34-,38?,39-,40?,52+/m0/s1. The van der Waals surface area contributed by atoms with Crippen molar-refractivity contribution in [2.45, 2.75) is 87.9 Å². The molecule has 280 valence electrons. The predicted molar refractivity (Wildman–Crippen MR) is 203 cm³/mol. The molecule has 2 aromatic carbocycles. The van der Waals surface area contributed by atoms with Crippen molar-refractivity contribution in [3.05, 3.63) is 70.3 Å². The third kappa shape index (κ3) is 6.87. The van der Waals surface area contributed by atoms with Crippen molar-refractivity contribution in [1.82, 2.24) is 10.6 Å². The molecule has 4 bridgehead atoms. The number of carbonyl (C=O) groups is 2. The van der Waals surface area contributed by atoms with Gasteiger partial charge in [0, 0.05) is 54.8 Å². The van der Waals surface area contributed by atoms with E-state index < -0.39 is 27.2 Å². The van der Waals surface area contributed by atoms with Crippen LogP contribution in [0.3, 0.4) is 0 Å². The van der Waals surface area contributed by atoms with E-state index in [2.05, 4.69) is 44.2 Å². The molecule has 6 atom stereocenters. The zero-order chi connectivity index (χ0) is 36.3. The Labute approximate surface area is 312 Å². The minimum absolute atomic E-state index is 0.0346. The molecule has 1 spiro atoms. The highest BCUT2D eigenvalue weighted by molar-refractivity contribution is 7.93. The Morgan fingerprint density at radius 1 is 1.17 bits per heavy atom. The summed E-state index contributed by atoms with van der Waals surface area (Å²) in [4.78, 5) is 29.5. The topological polar surface area (TPSA) is 119 Å². The number of fused-ring (bicyclic) bond motifs is 5. The first-order chi connectivity index (χ1) is 24.9. The van der Waals surface area contributed by atoms with Crippen LogP contribution in [-0.4, -0.2) is 78.4 Å². The van der Waals surface area contributed by atoms with Crippen molar-refractivity contribution in [2.24, 2.45) is 22.1 Å². The lowest BCUT2D eigenvalue weighted by atomic mass is 9.68. The fraction of sp³-hybridized carbons (Fsp3) is 0.600. The van der Waals surface area contributed by atoms with Crippen LogP contribution in [0.15, 0.2) is 52.9 Å². The number of hydrogen-bond acceptors (Lipinski definition) is 7. The molecule has 4 fully saturated rings. The average Bonchev–Trinajstić information content (AvgIpc) is 3.53. The SMILES string of the molecule is CO[C@H]1/C=C/C[C@H](C)C[S@@](=O)(CNC(=O)NC23COC(C)(C2)C3)=NC(=O)c2ccc3c(c2)N(C[C@@H]2CC[C@H]21)C[C@@]1(CCCc2cc(Cl)ccc21)CO3. The Morgan fingerprint density at radius 2 is 2.02 bits per heavy atom. The summed E-state index contributed by atoms with van der Waals surface area (Å²) < 4.78 is 37.6. The number of hydrogen-bond donors (Lipinski definition) is 2. The summed E-state index contributed by atoms with van der Waals surface area (Å²) in [6, 6.07) is 11.3. The minimum atomic E-state index is -3.19. The van der Waals surface area contributed by atoms with E-state index in [0.717, 1.165) is 74.5 Å². The fourth-order valence-electron chi connectivity index (χ4n) is 9.95. The molecule has 0 aromatic heterocycles. The van der Waals surface area contributed by atoms with Gasteiger partial charge in [-0.15, -0.1) is 0 Å². The van der Waals surface area contributed by atoms with Gasteiger partial charge in [0.1, 0.15) is 11.6 Å². The lowest BCUT2D eigenvalue weighted by Crippen LogP contribution is -2.60. The molecule has 2 aromatic rings. The van der Waals surface area contributed by atoms with Gasteiger partial charge >= 0.3 is 6.03 Å². The van der Waals surface area contributed by atoms with E-state index in [1.165, 1.54) is 11.1 Å². The molecule has 12 heteroatoms. The number of carbonyl (C=O) groups excluding carboxylic acids is 2. The first kappa shape index (κ1) is 35.9. The van der Waals surface area contributed by atoms with Crippen molar-refractivity contribution in [1.29, 1.82) is 0 Å². The first-order valence-corrected chi connectivity index (χ1v) is 21.1. The monoisotopic (exact) mass is 750 g/mol. The molecule has 52 heavy (non-hydrogen) atoms. The lowest BCUT2D eigenvalue weighted by molar-refractivity contribution is 0.0131. The molecule has 10 nitrogen and oxygen atoms in total. The van der Waals surface area contributed by atoms with Crippen LogP contribution in [0.4, 0.5) is 10.5 Å². The third-order valence-corrected chi connectivity index (χ3v) is 14.9. The second-order valence-electron chi connectivity index (χ2n) is 16.7. The Morgan fingerprint density at radius 3 is 2.77 bits per heavy atom. The highest BCUT2D eigenvalue weighted by atomic mass is 35.5. The van der Waals surface area contributed by atoms with Gasteiger partial charge in [-0.3, -0.25) is 4.79 Å². The van der Waals surface area contributed by atoms with Crippen LogP contribution >= 0.6 is 11.6 Å². The van der Waals surface area contributed by atoms with E-state index in [0.29, 0.717) is 37.0 Å². The fourth-order valence-corrected chi connectivity index (χ4v) is 12.2. The molecule has 9 rings (SSSR count). The predicted octanol–water partition coefficient (Wildman–Crippen LogP) is 6.64. The zero-order valence-electron chi connectivity index (χ0n) is 30.5. The van der Waals surface area contributed by atoms with Crippen molar-refractivity contribution < 1.29 is 28.0 Å². The summed E-state index contributed by atoms with van der Waals surface area (Å²) in [5, 5.41) is 6.59. The zero-order valence-corrected chi connectivity index (χ0v) is 32.0. The number of urea groups is 1. The quantitative estimate of drug-likeness (QED) is 0.337. The largest absolute Gasteiger partial charge is 0.490 e. The Balaban J connectivity index is 1.13. The molecule has 3 aliphatic carbocycles. The van der Waals surface area contributed by atoms with Gasteiger partial charge in [0.25, 0.3) is 5.91 Å². The number of rotatable bonds is 4. The summed E-state index contributed by atoms with van der Waals surface area (Å²) in [5.74, 6) is 0.803.